The third-order valence-corrected chi connectivity index (χ3v) is 2.37. The smallest absolute Gasteiger partial charge is 0.339 e. The minimum atomic E-state index is -0.345. The lowest BCUT2D eigenvalue weighted by Crippen LogP contribution is -2.25. The Labute approximate surface area is 113 Å². The number of hydrogen-bond donors (Lipinski definition) is 2. The SMILES string of the molecule is CCOC(=O)c1ccc(NCCNCCOC)nc1. The topological polar surface area (TPSA) is 72.5 Å². The molecule has 0 aromatic carbocycles. The van der Waals surface area contributed by atoms with Gasteiger partial charge in [0.25, 0.3) is 0 Å². The number of esters is 1. The first-order valence-corrected chi connectivity index (χ1v) is 6.34. The molecule has 106 valence electrons. The third-order valence-electron chi connectivity index (χ3n) is 2.37. The molecular weight excluding hydrogens is 246 g/mol. The highest BCUT2D eigenvalue weighted by molar-refractivity contribution is 5.89. The Kier molecular flexibility index (Phi) is 7.53. The quantitative estimate of drug-likeness (QED) is 0.512. The highest BCUT2D eigenvalue weighted by Crippen LogP contribution is 2.05. The van der Waals surface area contributed by atoms with E-state index in [9.17, 15) is 4.79 Å². The number of carbonyl (C=O) groups excluding carboxylic acids is 1. The van der Waals surface area contributed by atoms with Gasteiger partial charge in [-0.15, -0.1) is 0 Å². The number of nitrogens with zero attached hydrogens (tertiary/aromatic N) is 1. The van der Waals surface area contributed by atoms with Crippen LogP contribution in [0.25, 0.3) is 0 Å². The van der Waals surface area contributed by atoms with Gasteiger partial charge in [0.1, 0.15) is 5.82 Å². The highest BCUT2D eigenvalue weighted by atomic mass is 16.5. The summed E-state index contributed by atoms with van der Waals surface area (Å²) in [6.45, 7) is 5.25. The molecule has 1 aromatic heterocycles. The lowest BCUT2D eigenvalue weighted by molar-refractivity contribution is 0.0526. The van der Waals surface area contributed by atoms with Crippen molar-refractivity contribution in [2.45, 2.75) is 6.92 Å². The minimum absolute atomic E-state index is 0.345. The van der Waals surface area contributed by atoms with Crippen molar-refractivity contribution in [2.75, 3.05) is 45.3 Å². The maximum atomic E-state index is 11.4. The second-order valence-corrected chi connectivity index (χ2v) is 3.82. The van der Waals surface area contributed by atoms with Crippen molar-refractivity contribution in [3.8, 4) is 0 Å². The van der Waals surface area contributed by atoms with E-state index in [1.807, 2.05) is 0 Å². The molecule has 0 aliphatic heterocycles. The fraction of sp³-hybridized carbons (Fsp3) is 0.538. The van der Waals surface area contributed by atoms with E-state index in [2.05, 4.69) is 15.6 Å². The second-order valence-electron chi connectivity index (χ2n) is 3.82. The Morgan fingerprint density at radius 3 is 2.79 bits per heavy atom. The average Bonchev–Trinajstić information content (AvgIpc) is 2.43. The molecule has 2 N–H and O–H groups in total. The van der Waals surface area contributed by atoms with Gasteiger partial charge in [0.15, 0.2) is 0 Å². The molecule has 0 aliphatic carbocycles. The molecule has 1 rings (SSSR count). The summed E-state index contributed by atoms with van der Waals surface area (Å²) < 4.78 is 9.81. The molecule has 1 aromatic rings. The van der Waals surface area contributed by atoms with Gasteiger partial charge in [-0.1, -0.05) is 0 Å². The summed E-state index contributed by atoms with van der Waals surface area (Å²) in [5, 5.41) is 6.37. The van der Waals surface area contributed by atoms with Crippen LogP contribution in [0.5, 0.6) is 0 Å². The summed E-state index contributed by atoms with van der Waals surface area (Å²) >= 11 is 0. The van der Waals surface area contributed by atoms with Crippen LogP contribution < -0.4 is 10.6 Å². The van der Waals surface area contributed by atoms with Gasteiger partial charge < -0.3 is 20.1 Å². The fourth-order valence-corrected chi connectivity index (χ4v) is 1.41. The Balaban J connectivity index is 2.26. The van der Waals surface area contributed by atoms with Gasteiger partial charge in [0.2, 0.25) is 0 Å². The van der Waals surface area contributed by atoms with E-state index in [1.54, 1.807) is 26.2 Å². The molecule has 0 unspecified atom stereocenters. The lowest BCUT2D eigenvalue weighted by atomic mass is 10.3. The van der Waals surface area contributed by atoms with Crippen LogP contribution in [-0.2, 0) is 9.47 Å². The van der Waals surface area contributed by atoms with Crippen LogP contribution in [0, 0.1) is 0 Å². The molecule has 0 saturated carbocycles. The molecule has 0 atom stereocenters. The van der Waals surface area contributed by atoms with Crippen LogP contribution in [0.2, 0.25) is 0 Å². The van der Waals surface area contributed by atoms with Crippen molar-refractivity contribution < 1.29 is 14.3 Å². The molecule has 6 heteroatoms. The first-order valence-electron chi connectivity index (χ1n) is 6.34. The Morgan fingerprint density at radius 2 is 2.16 bits per heavy atom. The molecule has 6 nitrogen and oxygen atoms in total. The minimum Gasteiger partial charge on any atom is -0.462 e. The third kappa shape index (κ3) is 6.17. The van der Waals surface area contributed by atoms with Crippen LogP contribution in [0.4, 0.5) is 5.82 Å². The molecule has 0 radical (unpaired) electrons. The van der Waals surface area contributed by atoms with Crippen LogP contribution in [0.1, 0.15) is 17.3 Å². The van der Waals surface area contributed by atoms with Gasteiger partial charge in [-0.3, -0.25) is 0 Å². The van der Waals surface area contributed by atoms with E-state index in [0.717, 1.165) is 25.5 Å². The van der Waals surface area contributed by atoms with Crippen molar-refractivity contribution in [2.24, 2.45) is 0 Å². The van der Waals surface area contributed by atoms with Crippen LogP contribution >= 0.6 is 0 Å². The van der Waals surface area contributed by atoms with Crippen molar-refractivity contribution in [1.29, 1.82) is 0 Å². The number of anilines is 1. The predicted octanol–water partition coefficient (Wildman–Crippen LogP) is 0.906. The van der Waals surface area contributed by atoms with E-state index in [0.29, 0.717) is 18.8 Å². The van der Waals surface area contributed by atoms with Gasteiger partial charge in [-0.05, 0) is 19.1 Å². The molecule has 0 bridgehead atoms. The monoisotopic (exact) mass is 267 g/mol. The fourth-order valence-electron chi connectivity index (χ4n) is 1.41. The molecule has 0 saturated heterocycles. The number of nitrogens with one attached hydrogen (secondary N) is 2. The molecule has 1 heterocycles. The summed E-state index contributed by atoms with van der Waals surface area (Å²) in [4.78, 5) is 15.6. The van der Waals surface area contributed by atoms with Gasteiger partial charge in [-0.25, -0.2) is 9.78 Å². The molecule has 19 heavy (non-hydrogen) atoms. The van der Waals surface area contributed by atoms with Crippen molar-refractivity contribution in [3.05, 3.63) is 23.9 Å². The van der Waals surface area contributed by atoms with Gasteiger partial charge >= 0.3 is 5.97 Å². The molecular formula is C13H21N3O3. The number of rotatable bonds is 9. The first-order chi connectivity index (χ1) is 9.27. The Bertz CT molecular complexity index is 368. The van der Waals surface area contributed by atoms with Gasteiger partial charge in [0.05, 0.1) is 18.8 Å². The average molecular weight is 267 g/mol. The predicted molar refractivity (Wildman–Crippen MR) is 73.4 cm³/mol. The molecule has 0 fully saturated rings. The number of methoxy groups -OCH3 is 1. The molecule has 0 amide bonds. The summed E-state index contributed by atoms with van der Waals surface area (Å²) in [6.07, 6.45) is 1.51. The van der Waals surface area contributed by atoms with E-state index in [4.69, 9.17) is 9.47 Å². The van der Waals surface area contributed by atoms with E-state index in [1.165, 1.54) is 6.20 Å². The van der Waals surface area contributed by atoms with E-state index < -0.39 is 0 Å². The van der Waals surface area contributed by atoms with Gasteiger partial charge in [-0.2, -0.15) is 0 Å². The Hall–Kier alpha value is -1.66. The number of hydrogen-bond acceptors (Lipinski definition) is 6. The summed E-state index contributed by atoms with van der Waals surface area (Å²) in [6, 6.07) is 3.47. The Morgan fingerprint density at radius 1 is 1.32 bits per heavy atom. The number of carbonyl (C=O) groups is 1. The standard InChI is InChI=1S/C13H21N3O3/c1-3-19-13(17)11-4-5-12(16-10-11)15-7-6-14-8-9-18-2/h4-5,10,14H,3,6-9H2,1-2H3,(H,15,16). The van der Waals surface area contributed by atoms with Crippen LogP contribution in [0.15, 0.2) is 18.3 Å². The lowest BCUT2D eigenvalue weighted by Gasteiger charge is -2.07. The van der Waals surface area contributed by atoms with E-state index in [-0.39, 0.29) is 5.97 Å². The summed E-state index contributed by atoms with van der Waals surface area (Å²) in [5.41, 5.74) is 0.464. The van der Waals surface area contributed by atoms with E-state index >= 15 is 0 Å². The zero-order valence-corrected chi connectivity index (χ0v) is 11.4. The number of pyridine rings is 1. The number of aromatic nitrogens is 1. The first kappa shape index (κ1) is 15.4. The zero-order valence-electron chi connectivity index (χ0n) is 11.4. The molecule has 0 aliphatic rings. The summed E-state index contributed by atoms with van der Waals surface area (Å²) in [5.74, 6) is 0.393. The van der Waals surface area contributed by atoms with Crippen molar-refractivity contribution >= 4 is 11.8 Å². The van der Waals surface area contributed by atoms with Crippen LogP contribution in [0.3, 0.4) is 0 Å². The number of ether oxygens (including phenoxy) is 2. The maximum absolute atomic E-state index is 11.4. The van der Waals surface area contributed by atoms with Crippen LogP contribution in [-0.4, -0.2) is 50.9 Å². The van der Waals surface area contributed by atoms with Crippen molar-refractivity contribution in [3.63, 3.8) is 0 Å². The van der Waals surface area contributed by atoms with Gasteiger partial charge in [0, 0.05) is 32.9 Å². The maximum Gasteiger partial charge on any atom is 0.339 e. The largest absolute Gasteiger partial charge is 0.462 e. The van der Waals surface area contributed by atoms with Crippen molar-refractivity contribution in [1.82, 2.24) is 10.3 Å². The highest BCUT2D eigenvalue weighted by Gasteiger charge is 2.05. The second kappa shape index (κ2) is 9.29. The molecule has 0 spiro atoms. The normalized spacial score (nSPS) is 10.2. The summed E-state index contributed by atoms with van der Waals surface area (Å²) in [7, 11) is 1.68. The zero-order chi connectivity index (χ0) is 13.9.